The third-order valence-electron chi connectivity index (χ3n) is 3.53. The van der Waals surface area contributed by atoms with Crippen LogP contribution in [0.5, 0.6) is 5.75 Å². The van der Waals surface area contributed by atoms with Crippen LogP contribution in [0.1, 0.15) is 25.7 Å². The predicted octanol–water partition coefficient (Wildman–Crippen LogP) is 1.42. The maximum absolute atomic E-state index is 5.89. The lowest BCUT2D eigenvalue weighted by Gasteiger charge is -2.26. The molecule has 3 rings (SSSR count). The Bertz CT molecular complexity index is 340. The van der Waals surface area contributed by atoms with E-state index in [1.807, 2.05) is 17.1 Å². The smallest absolute Gasteiger partial charge is 0.157 e. The van der Waals surface area contributed by atoms with Crippen LogP contribution in [-0.2, 0) is 6.54 Å². The van der Waals surface area contributed by atoms with Crippen molar-refractivity contribution in [3.05, 3.63) is 12.4 Å². The highest BCUT2D eigenvalue weighted by Crippen LogP contribution is 2.23. The van der Waals surface area contributed by atoms with Crippen LogP contribution in [0.25, 0.3) is 0 Å². The number of ether oxygens (including phenoxy) is 1. The number of hydrogen-bond donors (Lipinski definition) is 1. The monoisotopic (exact) mass is 221 g/mol. The molecule has 1 saturated heterocycles. The van der Waals surface area contributed by atoms with Gasteiger partial charge in [-0.3, -0.25) is 4.68 Å². The average molecular weight is 221 g/mol. The highest BCUT2D eigenvalue weighted by Gasteiger charge is 2.19. The van der Waals surface area contributed by atoms with Crippen molar-refractivity contribution in [1.82, 2.24) is 15.1 Å². The second kappa shape index (κ2) is 4.45. The van der Waals surface area contributed by atoms with Gasteiger partial charge in [-0.05, 0) is 25.7 Å². The van der Waals surface area contributed by atoms with Gasteiger partial charge in [-0.15, -0.1) is 0 Å². The van der Waals surface area contributed by atoms with E-state index in [1.165, 1.54) is 25.7 Å². The Hall–Kier alpha value is -1.03. The fourth-order valence-corrected chi connectivity index (χ4v) is 2.45. The first kappa shape index (κ1) is 10.1. The van der Waals surface area contributed by atoms with Gasteiger partial charge < -0.3 is 10.1 Å². The molecule has 0 aromatic carbocycles. The molecule has 4 nitrogen and oxygen atoms in total. The molecule has 0 bridgehead atoms. The van der Waals surface area contributed by atoms with E-state index in [0.717, 1.165) is 31.3 Å². The van der Waals surface area contributed by atoms with Crippen molar-refractivity contribution in [3.63, 3.8) is 0 Å². The zero-order valence-electron chi connectivity index (χ0n) is 9.56. The van der Waals surface area contributed by atoms with Gasteiger partial charge in [0, 0.05) is 25.6 Å². The molecule has 2 aliphatic rings. The summed E-state index contributed by atoms with van der Waals surface area (Å²) in [6, 6.07) is 0. The largest absolute Gasteiger partial charge is 0.487 e. The highest BCUT2D eigenvalue weighted by molar-refractivity contribution is 5.12. The summed E-state index contributed by atoms with van der Waals surface area (Å²) < 4.78 is 7.90. The Morgan fingerprint density at radius 2 is 2.19 bits per heavy atom. The zero-order valence-corrected chi connectivity index (χ0v) is 9.56. The number of rotatable bonds is 4. The number of hydrogen-bond acceptors (Lipinski definition) is 3. The summed E-state index contributed by atoms with van der Waals surface area (Å²) in [6.07, 6.45) is 9.36. The third-order valence-corrected chi connectivity index (χ3v) is 3.53. The van der Waals surface area contributed by atoms with E-state index >= 15 is 0 Å². The highest BCUT2D eigenvalue weighted by atomic mass is 16.5. The molecule has 4 heteroatoms. The Kier molecular flexibility index (Phi) is 2.82. The minimum absolute atomic E-state index is 0.433. The Morgan fingerprint density at radius 1 is 1.38 bits per heavy atom. The molecule has 16 heavy (non-hydrogen) atoms. The van der Waals surface area contributed by atoms with Crippen molar-refractivity contribution in [2.75, 3.05) is 13.1 Å². The molecule has 0 amide bonds. The normalized spacial score (nSPS) is 22.2. The summed E-state index contributed by atoms with van der Waals surface area (Å²) in [4.78, 5) is 0. The third kappa shape index (κ3) is 2.21. The molecule has 1 aromatic heterocycles. The van der Waals surface area contributed by atoms with Gasteiger partial charge in [0.1, 0.15) is 0 Å². The van der Waals surface area contributed by atoms with Crippen molar-refractivity contribution in [2.24, 2.45) is 5.92 Å². The molecule has 88 valence electrons. The number of nitrogens with one attached hydrogen (secondary N) is 1. The average Bonchev–Trinajstić information content (AvgIpc) is 2.84. The zero-order chi connectivity index (χ0) is 10.8. The lowest BCUT2D eigenvalue weighted by atomic mass is 10.0. The van der Waals surface area contributed by atoms with Gasteiger partial charge in [0.05, 0.1) is 18.5 Å². The number of nitrogens with zero attached hydrogens (tertiary/aromatic N) is 2. The Morgan fingerprint density at radius 3 is 2.88 bits per heavy atom. The fourth-order valence-electron chi connectivity index (χ4n) is 2.45. The Labute approximate surface area is 96.0 Å². The quantitative estimate of drug-likeness (QED) is 0.836. The van der Waals surface area contributed by atoms with Gasteiger partial charge in [0.25, 0.3) is 0 Å². The Balaban J connectivity index is 1.54. The topological polar surface area (TPSA) is 39.1 Å². The second-order valence-corrected chi connectivity index (χ2v) is 4.95. The molecule has 1 aromatic rings. The minimum atomic E-state index is 0.433. The van der Waals surface area contributed by atoms with Crippen molar-refractivity contribution >= 4 is 0 Å². The van der Waals surface area contributed by atoms with Crippen LogP contribution < -0.4 is 10.1 Å². The van der Waals surface area contributed by atoms with Gasteiger partial charge >= 0.3 is 0 Å². The number of aromatic nitrogens is 2. The lowest BCUT2D eigenvalue weighted by Crippen LogP contribution is -2.44. The molecule has 0 unspecified atom stereocenters. The van der Waals surface area contributed by atoms with E-state index in [2.05, 4.69) is 10.4 Å². The first-order valence-electron chi connectivity index (χ1n) is 6.30. The first-order chi connectivity index (χ1) is 7.90. The summed E-state index contributed by atoms with van der Waals surface area (Å²) in [5.41, 5.74) is 0. The maximum atomic E-state index is 5.89. The van der Waals surface area contributed by atoms with E-state index in [1.54, 1.807) is 0 Å². The molecule has 0 radical (unpaired) electrons. The summed E-state index contributed by atoms with van der Waals surface area (Å²) in [6.45, 7) is 3.26. The molecular weight excluding hydrogens is 202 g/mol. The van der Waals surface area contributed by atoms with E-state index in [-0.39, 0.29) is 0 Å². The maximum Gasteiger partial charge on any atom is 0.157 e. The van der Waals surface area contributed by atoms with Crippen LogP contribution in [0.15, 0.2) is 12.4 Å². The summed E-state index contributed by atoms with van der Waals surface area (Å²) in [5, 5.41) is 7.62. The summed E-state index contributed by atoms with van der Waals surface area (Å²) >= 11 is 0. The molecule has 1 aliphatic carbocycles. The van der Waals surface area contributed by atoms with Crippen molar-refractivity contribution in [3.8, 4) is 5.75 Å². The minimum Gasteiger partial charge on any atom is -0.487 e. The molecule has 2 heterocycles. The molecule has 0 spiro atoms. The fraction of sp³-hybridized carbons (Fsp3) is 0.750. The molecule has 0 atom stereocenters. The van der Waals surface area contributed by atoms with Crippen LogP contribution in [0, 0.1) is 5.92 Å². The van der Waals surface area contributed by atoms with Crippen LogP contribution >= 0.6 is 0 Å². The van der Waals surface area contributed by atoms with Crippen LogP contribution in [0.2, 0.25) is 0 Å². The second-order valence-electron chi connectivity index (χ2n) is 4.95. The van der Waals surface area contributed by atoms with Crippen LogP contribution in [0.3, 0.4) is 0 Å². The SMILES string of the molecule is c1nn(CC2CNC2)cc1OC1CCCC1. The van der Waals surface area contributed by atoms with Gasteiger partial charge in [-0.1, -0.05) is 0 Å². The van der Waals surface area contributed by atoms with Gasteiger partial charge in [0.15, 0.2) is 5.75 Å². The van der Waals surface area contributed by atoms with E-state index < -0.39 is 0 Å². The van der Waals surface area contributed by atoms with Gasteiger partial charge in [-0.25, -0.2) is 0 Å². The lowest BCUT2D eigenvalue weighted by molar-refractivity contribution is 0.209. The van der Waals surface area contributed by atoms with Crippen molar-refractivity contribution in [1.29, 1.82) is 0 Å². The molecular formula is C12H19N3O. The molecule has 1 N–H and O–H groups in total. The van der Waals surface area contributed by atoms with Gasteiger partial charge in [-0.2, -0.15) is 5.10 Å². The first-order valence-corrected chi connectivity index (χ1v) is 6.30. The van der Waals surface area contributed by atoms with Crippen LogP contribution in [0.4, 0.5) is 0 Å². The standard InChI is InChI=1S/C12H19N3O/c1-2-4-11(3-1)16-12-7-14-15(9-12)8-10-5-13-6-10/h7,9-11,13H,1-6,8H2. The van der Waals surface area contributed by atoms with E-state index in [0.29, 0.717) is 6.10 Å². The van der Waals surface area contributed by atoms with E-state index in [4.69, 9.17) is 4.74 Å². The van der Waals surface area contributed by atoms with Crippen molar-refractivity contribution < 1.29 is 4.74 Å². The van der Waals surface area contributed by atoms with Crippen molar-refractivity contribution in [2.45, 2.75) is 38.3 Å². The van der Waals surface area contributed by atoms with Crippen LogP contribution in [-0.4, -0.2) is 29.0 Å². The van der Waals surface area contributed by atoms with E-state index in [9.17, 15) is 0 Å². The summed E-state index contributed by atoms with van der Waals surface area (Å²) in [7, 11) is 0. The van der Waals surface area contributed by atoms with Gasteiger partial charge in [0.2, 0.25) is 0 Å². The molecule has 1 saturated carbocycles. The summed E-state index contributed by atoms with van der Waals surface area (Å²) in [5.74, 6) is 1.69. The molecule has 2 fully saturated rings. The predicted molar refractivity (Wildman–Crippen MR) is 61.5 cm³/mol. The molecule has 1 aliphatic heterocycles.